The molecule has 1 aromatic carbocycles. The number of para-hydroxylation sites is 1. The summed E-state index contributed by atoms with van der Waals surface area (Å²) in [7, 11) is 2.07. The van der Waals surface area contributed by atoms with E-state index in [9.17, 15) is 4.79 Å². The molecular weight excluding hydrogens is 374 g/mol. The molecule has 1 fully saturated rings. The number of thioether (sulfide) groups is 1. The van der Waals surface area contributed by atoms with Gasteiger partial charge in [0.25, 0.3) is 0 Å². The van der Waals surface area contributed by atoms with Crippen LogP contribution in [-0.4, -0.2) is 59.9 Å². The fourth-order valence-electron chi connectivity index (χ4n) is 3.21. The number of hydrogen-bond donors (Lipinski definition) is 1. The lowest BCUT2D eigenvalue weighted by atomic mass is 10.2. The third kappa shape index (κ3) is 3.88. The largest absolute Gasteiger partial charge is 0.339 e. The van der Waals surface area contributed by atoms with Crippen LogP contribution in [0.4, 0.5) is 5.69 Å². The first kappa shape index (κ1) is 19.2. The zero-order valence-electron chi connectivity index (χ0n) is 14.6. The molecule has 1 unspecified atom stereocenters. The minimum atomic E-state index is 0. The Labute approximate surface area is 162 Å². The molecule has 140 valence electrons. The zero-order valence-corrected chi connectivity index (χ0v) is 16.2. The average Bonchev–Trinajstić information content (AvgIpc) is 3.10. The van der Waals surface area contributed by atoms with Crippen molar-refractivity contribution in [1.29, 1.82) is 0 Å². The van der Waals surface area contributed by atoms with Gasteiger partial charge in [-0.25, -0.2) is 0 Å². The zero-order chi connectivity index (χ0) is 17.2. The molecule has 0 radical (unpaired) electrons. The third-order valence-corrected chi connectivity index (χ3v) is 5.70. The SMILES string of the molecule is CN1CCNCC1c1noc(CCN2C(=O)CSc3ccccc32)n1.Cl. The van der Waals surface area contributed by atoms with Gasteiger partial charge in [0.1, 0.15) is 0 Å². The summed E-state index contributed by atoms with van der Waals surface area (Å²) in [6.07, 6.45) is 0.557. The first-order valence-electron chi connectivity index (χ1n) is 8.48. The highest BCUT2D eigenvalue weighted by Crippen LogP contribution is 2.34. The molecule has 0 saturated carbocycles. The van der Waals surface area contributed by atoms with Gasteiger partial charge in [-0.15, -0.1) is 24.2 Å². The lowest BCUT2D eigenvalue weighted by Gasteiger charge is -2.30. The maximum Gasteiger partial charge on any atom is 0.237 e. The van der Waals surface area contributed by atoms with Gasteiger partial charge in [0, 0.05) is 37.5 Å². The quantitative estimate of drug-likeness (QED) is 0.845. The fourth-order valence-corrected chi connectivity index (χ4v) is 4.14. The predicted molar refractivity (Wildman–Crippen MR) is 103 cm³/mol. The van der Waals surface area contributed by atoms with E-state index in [-0.39, 0.29) is 24.4 Å². The first-order valence-corrected chi connectivity index (χ1v) is 9.46. The Morgan fingerprint density at radius 1 is 1.38 bits per heavy atom. The van der Waals surface area contributed by atoms with Gasteiger partial charge in [-0.3, -0.25) is 9.69 Å². The van der Waals surface area contributed by atoms with Crippen LogP contribution in [0.15, 0.2) is 33.7 Å². The standard InChI is InChI=1S/C17H21N5O2S.ClH/c1-21-9-7-18-10-13(21)17-19-15(24-20-17)6-8-22-12-4-2-3-5-14(12)25-11-16(22)23;/h2-5,13,18H,6-11H2,1H3;1H. The number of rotatable bonds is 4. The Hall–Kier alpha value is -1.61. The molecule has 2 aliphatic rings. The number of fused-ring (bicyclic) bond motifs is 1. The van der Waals surface area contributed by atoms with E-state index < -0.39 is 0 Å². The molecule has 2 aliphatic heterocycles. The van der Waals surface area contributed by atoms with Gasteiger partial charge in [-0.05, 0) is 19.2 Å². The molecule has 1 saturated heterocycles. The molecule has 1 atom stereocenters. The minimum absolute atomic E-state index is 0. The monoisotopic (exact) mass is 395 g/mol. The maximum atomic E-state index is 12.3. The second-order valence-corrected chi connectivity index (χ2v) is 7.32. The summed E-state index contributed by atoms with van der Waals surface area (Å²) in [5, 5.41) is 7.50. The molecule has 0 bridgehead atoms. The molecule has 26 heavy (non-hydrogen) atoms. The lowest BCUT2D eigenvalue weighted by Crippen LogP contribution is -2.44. The van der Waals surface area contributed by atoms with Gasteiger partial charge in [0.05, 0.1) is 17.5 Å². The van der Waals surface area contributed by atoms with Crippen molar-refractivity contribution in [2.24, 2.45) is 0 Å². The number of anilines is 1. The van der Waals surface area contributed by atoms with Gasteiger partial charge in [-0.1, -0.05) is 17.3 Å². The van der Waals surface area contributed by atoms with Crippen LogP contribution >= 0.6 is 24.2 Å². The number of halogens is 1. The van der Waals surface area contributed by atoms with Crippen molar-refractivity contribution in [2.75, 3.05) is 43.9 Å². The van der Waals surface area contributed by atoms with Crippen LogP contribution in [0, 0.1) is 0 Å². The topological polar surface area (TPSA) is 74.5 Å². The van der Waals surface area contributed by atoms with Crippen LogP contribution in [0.3, 0.4) is 0 Å². The molecule has 0 spiro atoms. The van der Waals surface area contributed by atoms with Gasteiger partial charge in [-0.2, -0.15) is 4.98 Å². The first-order chi connectivity index (χ1) is 12.2. The number of nitrogens with one attached hydrogen (secondary N) is 1. The van der Waals surface area contributed by atoms with Crippen molar-refractivity contribution in [2.45, 2.75) is 17.4 Å². The van der Waals surface area contributed by atoms with Crippen LogP contribution in [-0.2, 0) is 11.2 Å². The van der Waals surface area contributed by atoms with Crippen LogP contribution in [0.25, 0.3) is 0 Å². The molecule has 1 aromatic heterocycles. The van der Waals surface area contributed by atoms with E-state index in [0.717, 1.165) is 30.2 Å². The van der Waals surface area contributed by atoms with E-state index in [2.05, 4.69) is 33.5 Å². The Morgan fingerprint density at radius 3 is 3.08 bits per heavy atom. The molecule has 7 nitrogen and oxygen atoms in total. The molecule has 2 aromatic rings. The number of hydrogen-bond acceptors (Lipinski definition) is 7. The van der Waals surface area contributed by atoms with Crippen LogP contribution in [0.5, 0.6) is 0 Å². The molecule has 9 heteroatoms. The van der Waals surface area contributed by atoms with Crippen molar-refractivity contribution in [1.82, 2.24) is 20.4 Å². The van der Waals surface area contributed by atoms with E-state index in [4.69, 9.17) is 4.52 Å². The summed E-state index contributed by atoms with van der Waals surface area (Å²) in [5.41, 5.74) is 0.972. The van der Waals surface area contributed by atoms with E-state index in [1.54, 1.807) is 11.8 Å². The Bertz CT molecular complexity index is 771. The average molecular weight is 396 g/mol. The second-order valence-electron chi connectivity index (χ2n) is 6.30. The van der Waals surface area contributed by atoms with E-state index in [1.165, 1.54) is 0 Å². The highest BCUT2D eigenvalue weighted by molar-refractivity contribution is 8.00. The van der Waals surface area contributed by atoms with E-state index >= 15 is 0 Å². The summed E-state index contributed by atoms with van der Waals surface area (Å²) >= 11 is 1.59. The Morgan fingerprint density at radius 2 is 2.23 bits per heavy atom. The molecule has 0 aliphatic carbocycles. The lowest BCUT2D eigenvalue weighted by molar-refractivity contribution is -0.116. The van der Waals surface area contributed by atoms with Crippen molar-refractivity contribution in [3.05, 3.63) is 36.0 Å². The smallest absolute Gasteiger partial charge is 0.237 e. The second kappa shape index (κ2) is 8.39. The summed E-state index contributed by atoms with van der Waals surface area (Å²) in [6, 6.07) is 8.14. The Balaban J connectivity index is 0.00000196. The van der Waals surface area contributed by atoms with E-state index in [0.29, 0.717) is 30.4 Å². The summed E-state index contributed by atoms with van der Waals surface area (Å²) in [6.45, 7) is 3.32. The summed E-state index contributed by atoms with van der Waals surface area (Å²) < 4.78 is 5.42. The van der Waals surface area contributed by atoms with Crippen molar-refractivity contribution in [3.63, 3.8) is 0 Å². The van der Waals surface area contributed by atoms with Crippen molar-refractivity contribution in [3.8, 4) is 0 Å². The van der Waals surface area contributed by atoms with Gasteiger partial charge in [0.2, 0.25) is 11.8 Å². The molecule has 4 rings (SSSR count). The number of piperazine rings is 1. The van der Waals surface area contributed by atoms with Gasteiger partial charge < -0.3 is 14.7 Å². The van der Waals surface area contributed by atoms with Crippen molar-refractivity contribution < 1.29 is 9.32 Å². The number of carbonyl (C=O) groups is 1. The number of amides is 1. The predicted octanol–water partition coefficient (Wildman–Crippen LogP) is 1.75. The van der Waals surface area contributed by atoms with Crippen LogP contribution < -0.4 is 10.2 Å². The van der Waals surface area contributed by atoms with Crippen LogP contribution in [0.1, 0.15) is 17.8 Å². The number of likely N-dealkylation sites (N-methyl/N-ethyl adjacent to an activating group) is 1. The summed E-state index contributed by atoms with van der Waals surface area (Å²) in [5.74, 6) is 1.90. The molecular formula is C17H22ClN5O2S. The number of carbonyl (C=O) groups excluding carboxylic acids is 1. The summed E-state index contributed by atoms with van der Waals surface area (Å²) in [4.78, 5) is 22.0. The fraction of sp³-hybridized carbons (Fsp3) is 0.471. The van der Waals surface area contributed by atoms with Crippen LogP contribution in [0.2, 0.25) is 0 Å². The Kier molecular flexibility index (Phi) is 6.18. The molecule has 1 N–H and O–H groups in total. The third-order valence-electron chi connectivity index (χ3n) is 4.65. The highest BCUT2D eigenvalue weighted by Gasteiger charge is 2.27. The molecule has 3 heterocycles. The minimum Gasteiger partial charge on any atom is -0.339 e. The van der Waals surface area contributed by atoms with Gasteiger partial charge in [0.15, 0.2) is 5.82 Å². The van der Waals surface area contributed by atoms with E-state index in [1.807, 2.05) is 23.1 Å². The maximum absolute atomic E-state index is 12.3. The highest BCUT2D eigenvalue weighted by atomic mass is 35.5. The number of benzene rings is 1. The number of nitrogens with zero attached hydrogens (tertiary/aromatic N) is 4. The normalized spacial score (nSPS) is 20.6. The molecule has 1 amide bonds. The number of aromatic nitrogens is 2. The van der Waals surface area contributed by atoms with Crippen molar-refractivity contribution >= 4 is 35.8 Å². The van der Waals surface area contributed by atoms with Gasteiger partial charge >= 0.3 is 0 Å².